The van der Waals surface area contributed by atoms with Crippen LogP contribution in [-0.2, 0) is 4.79 Å². The van der Waals surface area contributed by atoms with Crippen molar-refractivity contribution in [2.75, 3.05) is 13.6 Å². The SMILES string of the molecule is CC(C)N(C)C[C@H](C)NC(=O)C=Cc1cc(Br)cs1. The maximum Gasteiger partial charge on any atom is 0.244 e. The van der Waals surface area contributed by atoms with E-state index >= 15 is 0 Å². The van der Waals surface area contributed by atoms with Gasteiger partial charge in [0.2, 0.25) is 5.91 Å². The number of thiophene rings is 1. The van der Waals surface area contributed by atoms with E-state index in [2.05, 4.69) is 47.0 Å². The van der Waals surface area contributed by atoms with Crippen molar-refractivity contribution >= 4 is 39.2 Å². The molecule has 1 heterocycles. The molecule has 1 amide bonds. The molecule has 0 radical (unpaired) electrons. The number of rotatable bonds is 6. The largest absolute Gasteiger partial charge is 0.349 e. The van der Waals surface area contributed by atoms with E-state index in [1.807, 2.05) is 24.4 Å². The number of hydrogen-bond acceptors (Lipinski definition) is 3. The van der Waals surface area contributed by atoms with E-state index in [1.165, 1.54) is 0 Å². The number of likely N-dealkylation sites (N-methyl/N-ethyl adjacent to an activating group) is 1. The van der Waals surface area contributed by atoms with Crippen LogP contribution in [0.15, 0.2) is 22.0 Å². The summed E-state index contributed by atoms with van der Waals surface area (Å²) in [5.41, 5.74) is 0. The first-order valence-electron chi connectivity index (χ1n) is 6.31. The maximum absolute atomic E-state index is 11.8. The van der Waals surface area contributed by atoms with Crippen LogP contribution in [0.1, 0.15) is 25.6 Å². The van der Waals surface area contributed by atoms with Gasteiger partial charge in [0.05, 0.1) is 0 Å². The minimum atomic E-state index is -0.0471. The van der Waals surface area contributed by atoms with Gasteiger partial charge in [-0.05, 0) is 55.9 Å². The predicted molar refractivity (Wildman–Crippen MR) is 86.4 cm³/mol. The summed E-state index contributed by atoms with van der Waals surface area (Å²) in [5, 5.41) is 4.97. The summed E-state index contributed by atoms with van der Waals surface area (Å²) in [6.07, 6.45) is 3.42. The fourth-order valence-electron chi connectivity index (χ4n) is 1.55. The van der Waals surface area contributed by atoms with Gasteiger partial charge in [-0.15, -0.1) is 11.3 Å². The van der Waals surface area contributed by atoms with Crippen LogP contribution in [0.5, 0.6) is 0 Å². The minimum Gasteiger partial charge on any atom is -0.349 e. The number of halogens is 1. The Labute approximate surface area is 127 Å². The molecule has 106 valence electrons. The van der Waals surface area contributed by atoms with Gasteiger partial charge in [0.15, 0.2) is 0 Å². The average Bonchev–Trinajstić information content (AvgIpc) is 2.72. The number of carbonyl (C=O) groups is 1. The monoisotopic (exact) mass is 344 g/mol. The van der Waals surface area contributed by atoms with Gasteiger partial charge < -0.3 is 10.2 Å². The van der Waals surface area contributed by atoms with Crippen molar-refractivity contribution in [1.82, 2.24) is 10.2 Å². The van der Waals surface area contributed by atoms with Crippen molar-refractivity contribution in [1.29, 1.82) is 0 Å². The number of hydrogen-bond donors (Lipinski definition) is 1. The molecule has 0 aliphatic rings. The number of nitrogens with zero attached hydrogens (tertiary/aromatic N) is 1. The van der Waals surface area contributed by atoms with Gasteiger partial charge in [0.1, 0.15) is 0 Å². The third kappa shape index (κ3) is 6.36. The Morgan fingerprint density at radius 3 is 2.74 bits per heavy atom. The van der Waals surface area contributed by atoms with Gasteiger partial charge in [-0.25, -0.2) is 0 Å². The molecular formula is C14H21BrN2OS. The number of carbonyl (C=O) groups excluding carboxylic acids is 1. The fourth-order valence-corrected chi connectivity index (χ4v) is 2.89. The molecule has 0 fully saturated rings. The third-order valence-corrected chi connectivity index (χ3v) is 4.48. The number of amides is 1. The summed E-state index contributed by atoms with van der Waals surface area (Å²) in [4.78, 5) is 15.0. The van der Waals surface area contributed by atoms with Crippen molar-refractivity contribution < 1.29 is 4.79 Å². The molecule has 0 saturated heterocycles. The lowest BCUT2D eigenvalue weighted by Gasteiger charge is -2.25. The molecular weight excluding hydrogens is 324 g/mol. The zero-order chi connectivity index (χ0) is 14.4. The van der Waals surface area contributed by atoms with E-state index < -0.39 is 0 Å². The van der Waals surface area contributed by atoms with Crippen LogP contribution in [0.3, 0.4) is 0 Å². The van der Waals surface area contributed by atoms with Gasteiger partial charge in [-0.1, -0.05) is 0 Å². The van der Waals surface area contributed by atoms with E-state index in [9.17, 15) is 4.79 Å². The molecule has 19 heavy (non-hydrogen) atoms. The summed E-state index contributed by atoms with van der Waals surface area (Å²) in [7, 11) is 2.06. The van der Waals surface area contributed by atoms with Crippen LogP contribution < -0.4 is 5.32 Å². The summed E-state index contributed by atoms with van der Waals surface area (Å²) >= 11 is 4.99. The first-order valence-corrected chi connectivity index (χ1v) is 7.98. The van der Waals surface area contributed by atoms with E-state index in [4.69, 9.17) is 0 Å². The Hall–Kier alpha value is -0.650. The Balaban J connectivity index is 2.40. The fraction of sp³-hybridized carbons (Fsp3) is 0.500. The molecule has 0 saturated carbocycles. The Bertz CT molecular complexity index is 442. The second-order valence-corrected chi connectivity index (χ2v) is 6.80. The summed E-state index contributed by atoms with van der Waals surface area (Å²) < 4.78 is 1.05. The van der Waals surface area contributed by atoms with Gasteiger partial charge in [0.25, 0.3) is 0 Å². The minimum absolute atomic E-state index is 0.0471. The van der Waals surface area contributed by atoms with Crippen LogP contribution in [0.4, 0.5) is 0 Å². The Morgan fingerprint density at radius 2 is 2.21 bits per heavy atom. The molecule has 3 nitrogen and oxygen atoms in total. The maximum atomic E-state index is 11.8. The molecule has 5 heteroatoms. The highest BCUT2D eigenvalue weighted by molar-refractivity contribution is 9.10. The summed E-state index contributed by atoms with van der Waals surface area (Å²) in [6, 6.07) is 2.61. The smallest absolute Gasteiger partial charge is 0.244 e. The van der Waals surface area contributed by atoms with E-state index in [-0.39, 0.29) is 11.9 Å². The van der Waals surface area contributed by atoms with Gasteiger partial charge in [-0.2, -0.15) is 0 Å². The summed E-state index contributed by atoms with van der Waals surface area (Å²) in [5.74, 6) is -0.0471. The zero-order valence-corrected chi connectivity index (χ0v) is 14.2. The lowest BCUT2D eigenvalue weighted by Crippen LogP contribution is -2.42. The highest BCUT2D eigenvalue weighted by atomic mass is 79.9. The van der Waals surface area contributed by atoms with Crippen molar-refractivity contribution in [3.8, 4) is 0 Å². The molecule has 0 unspecified atom stereocenters. The van der Waals surface area contributed by atoms with Gasteiger partial charge in [0, 0.05) is 39.4 Å². The normalized spacial score (nSPS) is 13.4. The average molecular weight is 345 g/mol. The molecule has 1 atom stereocenters. The molecule has 1 N–H and O–H groups in total. The first-order chi connectivity index (χ1) is 8.88. The van der Waals surface area contributed by atoms with E-state index in [1.54, 1.807) is 17.4 Å². The van der Waals surface area contributed by atoms with Crippen molar-refractivity contribution in [3.05, 3.63) is 26.9 Å². The number of nitrogens with one attached hydrogen (secondary N) is 1. The second-order valence-electron chi connectivity index (χ2n) is 4.94. The van der Waals surface area contributed by atoms with Crippen molar-refractivity contribution in [2.45, 2.75) is 32.9 Å². The van der Waals surface area contributed by atoms with Crippen LogP contribution >= 0.6 is 27.3 Å². The molecule has 0 bridgehead atoms. The molecule has 1 aromatic heterocycles. The third-order valence-electron chi connectivity index (χ3n) is 2.82. The van der Waals surface area contributed by atoms with Crippen LogP contribution in [0, 0.1) is 0 Å². The van der Waals surface area contributed by atoms with Gasteiger partial charge >= 0.3 is 0 Å². The lowest BCUT2D eigenvalue weighted by molar-refractivity contribution is -0.117. The molecule has 1 rings (SSSR count). The van der Waals surface area contributed by atoms with Crippen LogP contribution in [0.25, 0.3) is 6.08 Å². The highest BCUT2D eigenvalue weighted by Gasteiger charge is 2.10. The Morgan fingerprint density at radius 1 is 1.53 bits per heavy atom. The zero-order valence-electron chi connectivity index (χ0n) is 11.8. The van der Waals surface area contributed by atoms with Crippen molar-refractivity contribution in [3.63, 3.8) is 0 Å². The lowest BCUT2D eigenvalue weighted by atomic mass is 10.2. The second kappa shape index (κ2) is 7.82. The van der Waals surface area contributed by atoms with E-state index in [0.29, 0.717) is 6.04 Å². The van der Waals surface area contributed by atoms with Crippen molar-refractivity contribution in [2.24, 2.45) is 0 Å². The topological polar surface area (TPSA) is 32.3 Å². The van der Waals surface area contributed by atoms with Gasteiger partial charge in [-0.3, -0.25) is 4.79 Å². The highest BCUT2D eigenvalue weighted by Crippen LogP contribution is 2.20. The molecule has 0 spiro atoms. The Kier molecular flexibility index (Phi) is 6.75. The molecule has 0 aromatic carbocycles. The quantitative estimate of drug-likeness (QED) is 0.802. The summed E-state index contributed by atoms with van der Waals surface area (Å²) in [6.45, 7) is 7.15. The predicted octanol–water partition coefficient (Wildman–Crippen LogP) is 3.37. The van der Waals surface area contributed by atoms with E-state index in [0.717, 1.165) is 15.9 Å². The molecule has 1 aromatic rings. The van der Waals surface area contributed by atoms with Crippen LogP contribution in [-0.4, -0.2) is 36.5 Å². The molecule has 0 aliphatic heterocycles. The first kappa shape index (κ1) is 16.4. The van der Waals surface area contributed by atoms with Crippen LogP contribution in [0.2, 0.25) is 0 Å². The molecule has 0 aliphatic carbocycles. The standard InChI is InChI=1S/C14H21BrN2OS/c1-10(2)17(4)8-11(3)16-14(18)6-5-13-7-12(15)9-19-13/h5-7,9-11H,8H2,1-4H3,(H,16,18)/t11-/m0/s1.